The molecule has 4 atom stereocenters. The lowest BCUT2D eigenvalue weighted by Crippen LogP contribution is -2.57. The monoisotopic (exact) mass is 961 g/mol. The van der Waals surface area contributed by atoms with E-state index in [2.05, 4.69) is 34.8 Å². The molecule has 0 spiro atoms. The normalized spacial score (nSPS) is 16.7. The number of hydrogen-bond donors (Lipinski definition) is 2. The number of carbonyl (C=O) groups excluding carboxylic acids is 3. The Kier molecular flexibility index (Phi) is 15.3. The SMILES string of the molecule is CC[C@H](C)[C@@H](C(=O)N[C@@H](Cc1ccccc1)[C@H](O)CN(CC1CCC1)S(=O)(=O)c1ccc(CN=O)cc1)N1CCN(Cc2csc(N(C)C(=O)OCC3c4ccccc4-c4ccccc43)n2)C1=O. The molecule has 4 aromatic carbocycles. The first kappa shape index (κ1) is 48.4. The maximum absolute atomic E-state index is 14.6. The first-order valence-electron chi connectivity index (χ1n) is 23.3. The van der Waals surface area contributed by atoms with Crippen molar-refractivity contribution in [2.45, 2.75) is 88.0 Å². The molecule has 2 N–H and O–H groups in total. The van der Waals surface area contributed by atoms with Gasteiger partial charge in [-0.05, 0) is 76.6 Å². The summed E-state index contributed by atoms with van der Waals surface area (Å²) in [5, 5.41) is 20.3. The summed E-state index contributed by atoms with van der Waals surface area (Å²) in [4.78, 5) is 62.4. The number of fused-ring (bicyclic) bond motifs is 3. The van der Waals surface area contributed by atoms with Gasteiger partial charge in [0.1, 0.15) is 19.2 Å². The third kappa shape index (κ3) is 10.7. The van der Waals surface area contributed by atoms with Crippen LogP contribution in [0.1, 0.15) is 73.4 Å². The fraction of sp³-hybridized carbons (Fsp3) is 0.412. The number of sulfonamides is 1. The number of aromatic nitrogens is 1. The number of nitrogens with zero attached hydrogens (tertiary/aromatic N) is 6. The third-order valence-electron chi connectivity index (χ3n) is 13.7. The van der Waals surface area contributed by atoms with Crippen LogP contribution in [0, 0.1) is 16.7 Å². The lowest BCUT2D eigenvalue weighted by Gasteiger charge is -2.36. The smallest absolute Gasteiger partial charge is 0.415 e. The zero-order valence-electron chi connectivity index (χ0n) is 38.6. The van der Waals surface area contributed by atoms with Crippen LogP contribution >= 0.6 is 11.3 Å². The third-order valence-corrected chi connectivity index (χ3v) is 16.5. The van der Waals surface area contributed by atoms with E-state index in [-0.39, 0.29) is 74.4 Å². The number of aliphatic hydroxyl groups excluding tert-OH is 1. The molecule has 0 radical (unpaired) electrons. The van der Waals surface area contributed by atoms with Crippen LogP contribution in [-0.2, 0) is 39.1 Å². The molecule has 2 heterocycles. The van der Waals surface area contributed by atoms with Crippen LogP contribution in [0.4, 0.5) is 14.7 Å². The number of nitroso groups, excluding NO2 is 1. The first-order valence-corrected chi connectivity index (χ1v) is 25.7. The van der Waals surface area contributed by atoms with E-state index in [1.807, 2.05) is 73.8 Å². The summed E-state index contributed by atoms with van der Waals surface area (Å²) in [6, 6.07) is 29.6. The highest BCUT2D eigenvalue weighted by molar-refractivity contribution is 7.89. The van der Waals surface area contributed by atoms with Crippen molar-refractivity contribution in [2.75, 3.05) is 44.7 Å². The fourth-order valence-corrected chi connectivity index (χ4v) is 11.7. The molecular formula is C51H59N7O8S2. The molecule has 3 aliphatic rings. The van der Waals surface area contributed by atoms with Crippen LogP contribution in [0.2, 0.25) is 0 Å². The van der Waals surface area contributed by atoms with Gasteiger partial charge in [0.05, 0.1) is 29.3 Å². The average Bonchev–Trinajstić information content (AvgIpc) is 4.04. The summed E-state index contributed by atoms with van der Waals surface area (Å²) in [6.07, 6.45) is 1.67. The number of rotatable bonds is 21. The summed E-state index contributed by atoms with van der Waals surface area (Å²) in [6.45, 7) is 4.67. The van der Waals surface area contributed by atoms with Crippen molar-refractivity contribution in [3.63, 3.8) is 0 Å². The summed E-state index contributed by atoms with van der Waals surface area (Å²) < 4.78 is 35.6. The van der Waals surface area contributed by atoms with Gasteiger partial charge in [0.15, 0.2) is 5.13 Å². The molecule has 5 aromatic rings. The van der Waals surface area contributed by atoms with Crippen LogP contribution in [0.15, 0.2) is 119 Å². The zero-order chi connectivity index (χ0) is 48.0. The number of benzene rings is 4. The van der Waals surface area contributed by atoms with Gasteiger partial charge in [-0.15, -0.1) is 11.3 Å². The largest absolute Gasteiger partial charge is 0.448 e. The summed E-state index contributed by atoms with van der Waals surface area (Å²) >= 11 is 1.27. The Morgan fingerprint density at radius 2 is 1.60 bits per heavy atom. The molecule has 4 amide bonds. The molecule has 15 nitrogen and oxygen atoms in total. The number of nitrogens with one attached hydrogen (secondary N) is 1. The maximum Gasteiger partial charge on any atom is 0.415 e. The average molecular weight is 962 g/mol. The van der Waals surface area contributed by atoms with Crippen LogP contribution < -0.4 is 10.2 Å². The van der Waals surface area contributed by atoms with Crippen molar-refractivity contribution in [1.29, 1.82) is 0 Å². The minimum Gasteiger partial charge on any atom is -0.448 e. The summed E-state index contributed by atoms with van der Waals surface area (Å²) in [7, 11) is -2.48. The summed E-state index contributed by atoms with van der Waals surface area (Å²) in [5.41, 5.74) is 6.52. The molecule has 2 fully saturated rings. The molecule has 17 heteroatoms. The number of ether oxygens (including phenoxy) is 1. The molecule has 2 aliphatic carbocycles. The van der Waals surface area contributed by atoms with Crippen molar-refractivity contribution in [3.05, 3.63) is 141 Å². The van der Waals surface area contributed by atoms with Crippen molar-refractivity contribution in [3.8, 4) is 11.1 Å². The second-order valence-electron chi connectivity index (χ2n) is 18.1. The van der Waals surface area contributed by atoms with Crippen LogP contribution in [0.3, 0.4) is 0 Å². The number of hydrogen-bond acceptors (Lipinski definition) is 11. The number of carbonyl (C=O) groups is 3. The maximum atomic E-state index is 14.6. The number of thiazole rings is 1. The lowest BCUT2D eigenvalue weighted by atomic mass is 9.85. The van der Waals surface area contributed by atoms with E-state index in [1.165, 1.54) is 32.7 Å². The Hall–Kier alpha value is -6.01. The number of amides is 4. The predicted molar refractivity (Wildman–Crippen MR) is 261 cm³/mol. The van der Waals surface area contributed by atoms with Gasteiger partial charge >= 0.3 is 12.1 Å². The Morgan fingerprint density at radius 1 is 0.941 bits per heavy atom. The number of anilines is 1. The molecule has 8 rings (SSSR count). The van der Waals surface area contributed by atoms with E-state index >= 15 is 0 Å². The number of aliphatic hydroxyl groups is 1. The molecule has 358 valence electrons. The fourth-order valence-electron chi connectivity index (χ4n) is 9.40. The quantitative estimate of drug-likeness (QED) is 0.0688. The highest BCUT2D eigenvalue weighted by Crippen LogP contribution is 2.44. The van der Waals surface area contributed by atoms with Gasteiger partial charge < -0.3 is 25.0 Å². The molecule has 1 aliphatic heterocycles. The summed E-state index contributed by atoms with van der Waals surface area (Å²) in [5.74, 6) is -0.660. The van der Waals surface area contributed by atoms with Crippen LogP contribution in [-0.4, -0.2) is 109 Å². The standard InChI is InChI=1S/C51H59N7O8S2/c1-4-34(2)47(48(60)54-45(27-35-13-6-5-7-14-35)46(59)31-57(29-37-15-12-16-37)68(64,65)39-23-21-36(22-24-39)28-52-63)58-26-25-56(50(58)61)30-38-33-67-49(53-38)55(3)51(62)66-32-44-42-19-10-8-17-40(42)41-18-9-11-20-43(41)44/h5-11,13-14,17-24,33-34,37,44-47,59H,4,12,15-16,25-32H2,1-3H3,(H,54,60)/t34-,45-,46+,47-/m0/s1. The highest BCUT2D eigenvalue weighted by atomic mass is 32.2. The number of urea groups is 1. The Balaban J connectivity index is 0.932. The van der Waals surface area contributed by atoms with Crippen molar-refractivity contribution >= 4 is 44.5 Å². The van der Waals surface area contributed by atoms with E-state index in [0.29, 0.717) is 29.4 Å². The van der Waals surface area contributed by atoms with Gasteiger partial charge in [0.2, 0.25) is 15.9 Å². The molecular weight excluding hydrogens is 903 g/mol. The van der Waals surface area contributed by atoms with E-state index in [4.69, 9.17) is 9.72 Å². The molecule has 1 saturated heterocycles. The predicted octanol–water partition coefficient (Wildman–Crippen LogP) is 8.03. The minimum absolute atomic E-state index is 0.0350. The Labute approximate surface area is 402 Å². The van der Waals surface area contributed by atoms with Gasteiger partial charge in [-0.1, -0.05) is 123 Å². The molecule has 1 aromatic heterocycles. The van der Waals surface area contributed by atoms with E-state index in [1.54, 1.807) is 29.0 Å². The van der Waals surface area contributed by atoms with Gasteiger partial charge in [-0.25, -0.2) is 23.0 Å². The van der Waals surface area contributed by atoms with Gasteiger partial charge in [-0.3, -0.25) is 9.69 Å². The van der Waals surface area contributed by atoms with Gasteiger partial charge in [0, 0.05) is 44.5 Å². The second kappa shape index (κ2) is 21.5. The Morgan fingerprint density at radius 3 is 2.24 bits per heavy atom. The molecule has 0 unspecified atom stereocenters. The lowest BCUT2D eigenvalue weighted by molar-refractivity contribution is -0.128. The van der Waals surface area contributed by atoms with Gasteiger partial charge in [-0.2, -0.15) is 9.21 Å². The van der Waals surface area contributed by atoms with E-state index < -0.39 is 40.2 Å². The first-order chi connectivity index (χ1) is 32.9. The highest BCUT2D eigenvalue weighted by Gasteiger charge is 2.42. The molecule has 68 heavy (non-hydrogen) atoms. The van der Waals surface area contributed by atoms with Crippen molar-refractivity contribution in [1.82, 2.24) is 24.4 Å². The second-order valence-corrected chi connectivity index (χ2v) is 20.9. The van der Waals surface area contributed by atoms with Crippen LogP contribution in [0.5, 0.6) is 0 Å². The molecule has 0 bridgehead atoms. The minimum atomic E-state index is -4.09. The van der Waals surface area contributed by atoms with Crippen molar-refractivity contribution in [2.24, 2.45) is 17.0 Å². The van der Waals surface area contributed by atoms with Gasteiger partial charge in [0.25, 0.3) is 0 Å². The van der Waals surface area contributed by atoms with Crippen LogP contribution in [0.25, 0.3) is 11.1 Å². The molecule has 1 saturated carbocycles. The topological polar surface area (TPSA) is 182 Å². The zero-order valence-corrected chi connectivity index (χ0v) is 40.3. The van der Waals surface area contributed by atoms with E-state index in [0.717, 1.165) is 47.1 Å². The van der Waals surface area contributed by atoms with Crippen molar-refractivity contribution < 1.29 is 32.6 Å². The Bertz CT molecular complexity index is 2630. The van der Waals surface area contributed by atoms with E-state index in [9.17, 15) is 32.8 Å².